The molecule has 0 amide bonds. The summed E-state index contributed by atoms with van der Waals surface area (Å²) in [5.41, 5.74) is 0.661. The van der Waals surface area contributed by atoms with Gasteiger partial charge in [-0.3, -0.25) is 4.79 Å². The third-order valence-electron chi connectivity index (χ3n) is 3.75. The van der Waals surface area contributed by atoms with E-state index < -0.39 is 17.6 Å². The lowest BCUT2D eigenvalue weighted by molar-refractivity contribution is -0.148. The Labute approximate surface area is 137 Å². The van der Waals surface area contributed by atoms with E-state index in [-0.39, 0.29) is 25.0 Å². The minimum atomic E-state index is -0.987. The van der Waals surface area contributed by atoms with Crippen molar-refractivity contribution in [2.75, 3.05) is 13.2 Å². The molecule has 5 nitrogen and oxygen atoms in total. The molecule has 128 valence electrons. The van der Waals surface area contributed by atoms with Gasteiger partial charge in [0.15, 0.2) is 11.6 Å². The number of halogens is 2. The largest absolute Gasteiger partial charge is 0.463 e. The van der Waals surface area contributed by atoms with E-state index in [0.29, 0.717) is 17.9 Å². The van der Waals surface area contributed by atoms with Crippen LogP contribution >= 0.6 is 0 Å². The monoisotopic (exact) mass is 337 g/mol. The van der Waals surface area contributed by atoms with Crippen LogP contribution in [0.2, 0.25) is 0 Å². The van der Waals surface area contributed by atoms with Gasteiger partial charge in [0.05, 0.1) is 18.2 Å². The number of nitrogens with zero attached hydrogens (tertiary/aromatic N) is 1. The Morgan fingerprint density at radius 1 is 1.29 bits per heavy atom. The molecule has 0 saturated carbocycles. The van der Waals surface area contributed by atoms with Crippen molar-refractivity contribution in [1.82, 2.24) is 4.98 Å². The summed E-state index contributed by atoms with van der Waals surface area (Å²) in [5.74, 6) is -2.25. The Bertz CT molecular complexity index is 710. The van der Waals surface area contributed by atoms with Crippen molar-refractivity contribution in [3.63, 3.8) is 0 Å². The summed E-state index contributed by atoms with van der Waals surface area (Å²) in [6.07, 6.45) is 4.20. The predicted octanol–water partition coefficient (Wildman–Crippen LogP) is 3.27. The van der Waals surface area contributed by atoms with Crippen LogP contribution in [-0.2, 0) is 20.7 Å². The van der Waals surface area contributed by atoms with Crippen molar-refractivity contribution in [2.45, 2.75) is 31.8 Å². The fourth-order valence-electron chi connectivity index (χ4n) is 2.47. The van der Waals surface area contributed by atoms with E-state index in [4.69, 9.17) is 13.9 Å². The lowest BCUT2D eigenvalue weighted by atomic mass is 10.1. The van der Waals surface area contributed by atoms with E-state index in [1.165, 1.54) is 12.3 Å². The summed E-state index contributed by atoms with van der Waals surface area (Å²) in [7, 11) is 0. The van der Waals surface area contributed by atoms with Gasteiger partial charge in [-0.25, -0.2) is 13.8 Å². The standard InChI is InChI=1S/C17H17F2NO4/c18-14-5-4-11(7-15(14)19)17-20-12(9-24-17)8-16(21)23-10-13-3-1-2-6-22-13/h4-5,7,9,13H,1-3,6,8,10H2/t13-/m0/s1. The molecule has 1 aromatic carbocycles. The highest BCUT2D eigenvalue weighted by Gasteiger charge is 2.17. The van der Waals surface area contributed by atoms with Gasteiger partial charge in [-0.1, -0.05) is 0 Å². The Kier molecular flexibility index (Phi) is 5.20. The number of carbonyl (C=O) groups excluding carboxylic acids is 1. The first-order valence-electron chi connectivity index (χ1n) is 7.79. The van der Waals surface area contributed by atoms with E-state index in [9.17, 15) is 13.6 Å². The van der Waals surface area contributed by atoms with Crippen LogP contribution in [0.4, 0.5) is 8.78 Å². The average Bonchev–Trinajstić information content (AvgIpc) is 3.05. The first kappa shape index (κ1) is 16.6. The fraction of sp³-hybridized carbons (Fsp3) is 0.412. The van der Waals surface area contributed by atoms with Crippen LogP contribution in [0.25, 0.3) is 11.5 Å². The number of carbonyl (C=O) groups is 1. The van der Waals surface area contributed by atoms with Gasteiger partial charge in [0.25, 0.3) is 0 Å². The third-order valence-corrected chi connectivity index (χ3v) is 3.75. The quantitative estimate of drug-likeness (QED) is 0.784. The summed E-state index contributed by atoms with van der Waals surface area (Å²) in [4.78, 5) is 15.9. The summed E-state index contributed by atoms with van der Waals surface area (Å²) >= 11 is 0. The maximum absolute atomic E-state index is 13.2. The number of hydrogen-bond donors (Lipinski definition) is 0. The number of aromatic nitrogens is 1. The molecule has 1 atom stereocenters. The molecule has 0 bridgehead atoms. The van der Waals surface area contributed by atoms with Gasteiger partial charge in [-0.15, -0.1) is 0 Å². The van der Waals surface area contributed by atoms with Crippen LogP contribution in [-0.4, -0.2) is 30.3 Å². The lowest BCUT2D eigenvalue weighted by Crippen LogP contribution is -2.26. The topological polar surface area (TPSA) is 61.6 Å². The van der Waals surface area contributed by atoms with Gasteiger partial charge in [0.2, 0.25) is 5.89 Å². The molecule has 2 aromatic rings. The van der Waals surface area contributed by atoms with Crippen molar-refractivity contribution in [3.05, 3.63) is 41.8 Å². The van der Waals surface area contributed by atoms with Gasteiger partial charge in [-0.05, 0) is 37.5 Å². The van der Waals surface area contributed by atoms with Gasteiger partial charge in [-0.2, -0.15) is 0 Å². The first-order valence-corrected chi connectivity index (χ1v) is 7.79. The number of benzene rings is 1. The van der Waals surface area contributed by atoms with E-state index in [1.54, 1.807) is 0 Å². The molecule has 0 aliphatic carbocycles. The van der Waals surface area contributed by atoms with Gasteiger partial charge < -0.3 is 13.9 Å². The molecule has 7 heteroatoms. The van der Waals surface area contributed by atoms with E-state index in [2.05, 4.69) is 4.98 Å². The molecule has 1 aromatic heterocycles. The Morgan fingerprint density at radius 3 is 2.92 bits per heavy atom. The Balaban J connectivity index is 1.55. The van der Waals surface area contributed by atoms with Crippen LogP contribution in [0.5, 0.6) is 0 Å². The maximum atomic E-state index is 13.2. The van der Waals surface area contributed by atoms with Crippen molar-refractivity contribution in [1.29, 1.82) is 0 Å². The van der Waals surface area contributed by atoms with Crippen LogP contribution < -0.4 is 0 Å². The van der Waals surface area contributed by atoms with Crippen molar-refractivity contribution in [3.8, 4) is 11.5 Å². The molecule has 0 unspecified atom stereocenters. The fourth-order valence-corrected chi connectivity index (χ4v) is 2.47. The zero-order valence-electron chi connectivity index (χ0n) is 13.0. The minimum absolute atomic E-state index is 0.0437. The smallest absolute Gasteiger partial charge is 0.312 e. The SMILES string of the molecule is O=C(Cc1coc(-c2ccc(F)c(F)c2)n1)OC[C@@H]1CCCCO1. The molecular weight excluding hydrogens is 320 g/mol. The highest BCUT2D eigenvalue weighted by Crippen LogP contribution is 2.21. The Hall–Kier alpha value is -2.28. The van der Waals surface area contributed by atoms with Gasteiger partial charge in [0.1, 0.15) is 12.9 Å². The van der Waals surface area contributed by atoms with Crippen LogP contribution in [0, 0.1) is 11.6 Å². The van der Waals surface area contributed by atoms with E-state index in [0.717, 1.165) is 31.4 Å². The molecule has 1 aliphatic heterocycles. The molecule has 1 aliphatic rings. The second kappa shape index (κ2) is 7.53. The van der Waals surface area contributed by atoms with Crippen molar-refractivity contribution < 1.29 is 27.5 Å². The minimum Gasteiger partial charge on any atom is -0.463 e. The van der Waals surface area contributed by atoms with Crippen LogP contribution in [0.3, 0.4) is 0 Å². The third kappa shape index (κ3) is 4.17. The lowest BCUT2D eigenvalue weighted by Gasteiger charge is -2.21. The maximum Gasteiger partial charge on any atom is 0.312 e. The zero-order chi connectivity index (χ0) is 16.9. The normalized spacial score (nSPS) is 17.7. The zero-order valence-corrected chi connectivity index (χ0v) is 13.0. The molecule has 1 saturated heterocycles. The van der Waals surface area contributed by atoms with Gasteiger partial charge >= 0.3 is 5.97 Å². The second-order valence-electron chi connectivity index (χ2n) is 5.62. The summed E-state index contributed by atoms with van der Waals surface area (Å²) in [6, 6.07) is 3.34. The van der Waals surface area contributed by atoms with Crippen LogP contribution in [0.15, 0.2) is 28.9 Å². The summed E-state index contributed by atoms with van der Waals surface area (Å²) in [5, 5.41) is 0. The van der Waals surface area contributed by atoms with E-state index in [1.807, 2.05) is 0 Å². The number of oxazole rings is 1. The number of ether oxygens (including phenoxy) is 2. The van der Waals surface area contributed by atoms with Crippen molar-refractivity contribution >= 4 is 5.97 Å². The number of hydrogen-bond acceptors (Lipinski definition) is 5. The number of esters is 1. The van der Waals surface area contributed by atoms with E-state index >= 15 is 0 Å². The van der Waals surface area contributed by atoms with Crippen LogP contribution in [0.1, 0.15) is 25.0 Å². The predicted molar refractivity (Wildman–Crippen MR) is 80.1 cm³/mol. The molecule has 2 heterocycles. The molecule has 3 rings (SSSR count). The molecule has 24 heavy (non-hydrogen) atoms. The molecule has 1 fully saturated rings. The second-order valence-corrected chi connectivity index (χ2v) is 5.62. The first-order chi connectivity index (χ1) is 11.6. The molecule has 0 spiro atoms. The highest BCUT2D eigenvalue weighted by molar-refractivity contribution is 5.72. The molecular formula is C17H17F2NO4. The summed E-state index contributed by atoms with van der Waals surface area (Å²) < 4.78 is 42.0. The average molecular weight is 337 g/mol. The van der Waals surface area contributed by atoms with Gasteiger partial charge in [0, 0.05) is 12.2 Å². The Morgan fingerprint density at radius 2 is 2.17 bits per heavy atom. The van der Waals surface area contributed by atoms with Crippen molar-refractivity contribution in [2.24, 2.45) is 0 Å². The molecule has 0 N–H and O–H groups in total. The highest BCUT2D eigenvalue weighted by atomic mass is 19.2. The number of rotatable bonds is 5. The molecule has 0 radical (unpaired) electrons. The summed E-state index contributed by atoms with van der Waals surface area (Å²) in [6.45, 7) is 0.926.